The van der Waals surface area contributed by atoms with E-state index in [1.54, 1.807) is 20.8 Å². The number of esters is 2. The molecule has 0 aromatic carbocycles. The van der Waals surface area contributed by atoms with Crippen LogP contribution in [0.25, 0.3) is 0 Å². The van der Waals surface area contributed by atoms with Crippen LogP contribution in [-0.4, -0.2) is 40.9 Å². The molecule has 110 valence electrons. The molecule has 7 nitrogen and oxygen atoms in total. The maximum atomic E-state index is 11.9. The Labute approximate surface area is 120 Å². The molecule has 0 saturated heterocycles. The Bertz CT molecular complexity index is 569. The SMILES string of the molecule is CCOC(=O)c1c(S[C@@H](C)C(=O)OC)nc(=O)[nH]c1C. The van der Waals surface area contributed by atoms with Crippen LogP contribution in [0.3, 0.4) is 0 Å². The number of aryl methyl sites for hydroxylation is 1. The minimum Gasteiger partial charge on any atom is -0.468 e. The van der Waals surface area contributed by atoms with Crippen LogP contribution in [0.5, 0.6) is 0 Å². The van der Waals surface area contributed by atoms with Gasteiger partial charge in [-0.1, -0.05) is 11.8 Å². The second kappa shape index (κ2) is 7.09. The molecule has 1 atom stereocenters. The third kappa shape index (κ3) is 3.83. The molecule has 1 aromatic rings. The van der Waals surface area contributed by atoms with Gasteiger partial charge in [0.15, 0.2) is 0 Å². The van der Waals surface area contributed by atoms with Crippen LogP contribution in [0.2, 0.25) is 0 Å². The summed E-state index contributed by atoms with van der Waals surface area (Å²) in [5.74, 6) is -1.06. The van der Waals surface area contributed by atoms with Crippen LogP contribution in [0, 0.1) is 6.92 Å². The molecular formula is C12H16N2O5S. The van der Waals surface area contributed by atoms with Gasteiger partial charge in [-0.05, 0) is 20.8 Å². The summed E-state index contributed by atoms with van der Waals surface area (Å²) in [6.07, 6.45) is 0. The van der Waals surface area contributed by atoms with Gasteiger partial charge < -0.3 is 14.5 Å². The summed E-state index contributed by atoms with van der Waals surface area (Å²) in [5.41, 5.74) is -0.0784. The molecule has 0 bridgehead atoms. The highest BCUT2D eigenvalue weighted by Crippen LogP contribution is 2.26. The molecule has 0 spiro atoms. The van der Waals surface area contributed by atoms with Gasteiger partial charge in [-0.2, -0.15) is 4.98 Å². The van der Waals surface area contributed by atoms with Crippen LogP contribution < -0.4 is 5.69 Å². The highest BCUT2D eigenvalue weighted by Gasteiger charge is 2.23. The van der Waals surface area contributed by atoms with Gasteiger partial charge in [-0.3, -0.25) is 4.79 Å². The standard InChI is InChI=1S/C12H16N2O5S/c1-5-19-11(16)8-6(2)13-12(17)14-9(8)20-7(3)10(15)18-4/h7H,5H2,1-4H3,(H,13,14,17)/t7-/m0/s1. The number of aromatic amines is 1. The third-order valence-electron chi connectivity index (χ3n) is 2.39. The Hall–Kier alpha value is -1.83. The fourth-order valence-electron chi connectivity index (χ4n) is 1.47. The third-order valence-corrected chi connectivity index (χ3v) is 3.45. The lowest BCUT2D eigenvalue weighted by Crippen LogP contribution is -2.22. The highest BCUT2D eigenvalue weighted by atomic mass is 32.2. The van der Waals surface area contributed by atoms with Gasteiger partial charge in [0.05, 0.1) is 13.7 Å². The molecule has 0 aliphatic rings. The van der Waals surface area contributed by atoms with E-state index in [0.29, 0.717) is 5.69 Å². The second-order valence-corrected chi connectivity index (χ2v) is 5.18. The van der Waals surface area contributed by atoms with Crippen LogP contribution in [-0.2, 0) is 14.3 Å². The quantitative estimate of drug-likeness (QED) is 0.490. The molecule has 1 rings (SSSR count). The van der Waals surface area contributed by atoms with Crippen molar-refractivity contribution < 1.29 is 19.1 Å². The van der Waals surface area contributed by atoms with E-state index < -0.39 is 22.9 Å². The molecule has 0 fully saturated rings. The van der Waals surface area contributed by atoms with E-state index >= 15 is 0 Å². The number of thioether (sulfide) groups is 1. The Balaban J connectivity index is 3.19. The molecule has 0 amide bonds. The number of H-pyrrole nitrogens is 1. The zero-order valence-corrected chi connectivity index (χ0v) is 12.5. The molecule has 8 heteroatoms. The van der Waals surface area contributed by atoms with Crippen molar-refractivity contribution in [1.82, 2.24) is 9.97 Å². The smallest absolute Gasteiger partial charge is 0.346 e. The number of carbonyl (C=O) groups is 2. The molecule has 0 radical (unpaired) electrons. The molecule has 0 aliphatic heterocycles. The first-order valence-corrected chi connectivity index (χ1v) is 6.81. The number of ether oxygens (including phenoxy) is 2. The Kier molecular flexibility index (Phi) is 5.75. The molecule has 1 heterocycles. The van der Waals surface area contributed by atoms with E-state index in [-0.39, 0.29) is 17.2 Å². The second-order valence-electron chi connectivity index (χ2n) is 3.85. The molecule has 0 saturated carbocycles. The predicted molar refractivity (Wildman–Crippen MR) is 72.9 cm³/mol. The fourth-order valence-corrected chi connectivity index (χ4v) is 2.49. The van der Waals surface area contributed by atoms with Gasteiger partial charge >= 0.3 is 17.6 Å². The molecule has 0 unspecified atom stereocenters. The fraction of sp³-hybridized carbons (Fsp3) is 0.500. The first-order chi connectivity index (χ1) is 9.40. The Morgan fingerprint density at radius 1 is 1.45 bits per heavy atom. The number of carbonyl (C=O) groups excluding carboxylic acids is 2. The van der Waals surface area contributed by atoms with Crippen LogP contribution >= 0.6 is 11.8 Å². The van der Waals surface area contributed by atoms with Gasteiger partial charge in [0.25, 0.3) is 0 Å². The van der Waals surface area contributed by atoms with Crippen molar-refractivity contribution >= 4 is 23.7 Å². The topological polar surface area (TPSA) is 98.3 Å². The van der Waals surface area contributed by atoms with E-state index in [9.17, 15) is 14.4 Å². The van der Waals surface area contributed by atoms with Crippen molar-refractivity contribution in [3.05, 3.63) is 21.7 Å². The summed E-state index contributed by atoms with van der Waals surface area (Å²) in [6.45, 7) is 5.05. The van der Waals surface area contributed by atoms with Gasteiger partial charge in [0, 0.05) is 5.69 Å². The number of nitrogens with zero attached hydrogens (tertiary/aromatic N) is 1. The molecule has 1 N–H and O–H groups in total. The van der Waals surface area contributed by atoms with Gasteiger partial charge in [0.2, 0.25) is 0 Å². The molecule has 0 aliphatic carbocycles. The lowest BCUT2D eigenvalue weighted by Gasteiger charge is -2.12. The van der Waals surface area contributed by atoms with E-state index in [1.807, 2.05) is 0 Å². The van der Waals surface area contributed by atoms with Gasteiger partial charge in [-0.25, -0.2) is 9.59 Å². The van der Waals surface area contributed by atoms with Crippen LogP contribution in [0.15, 0.2) is 9.82 Å². The maximum absolute atomic E-state index is 11.9. The minimum absolute atomic E-state index is 0.155. The van der Waals surface area contributed by atoms with Crippen molar-refractivity contribution in [1.29, 1.82) is 0 Å². The first-order valence-electron chi connectivity index (χ1n) is 5.93. The molecular weight excluding hydrogens is 284 g/mol. The summed E-state index contributed by atoms with van der Waals surface area (Å²) < 4.78 is 9.53. The monoisotopic (exact) mass is 300 g/mol. The summed E-state index contributed by atoms with van der Waals surface area (Å²) >= 11 is 0.979. The first kappa shape index (κ1) is 16.2. The molecule has 1 aromatic heterocycles. The molecule has 20 heavy (non-hydrogen) atoms. The summed E-state index contributed by atoms with van der Waals surface area (Å²) in [6, 6.07) is 0. The van der Waals surface area contributed by atoms with Crippen molar-refractivity contribution in [2.45, 2.75) is 31.0 Å². The van der Waals surface area contributed by atoms with E-state index in [4.69, 9.17) is 4.74 Å². The number of methoxy groups -OCH3 is 1. The van der Waals surface area contributed by atoms with Crippen molar-refractivity contribution in [2.24, 2.45) is 0 Å². The number of hydrogen-bond donors (Lipinski definition) is 1. The number of nitrogens with one attached hydrogen (secondary N) is 1. The van der Waals surface area contributed by atoms with Gasteiger partial charge in [-0.15, -0.1) is 0 Å². The number of rotatable bonds is 5. The van der Waals surface area contributed by atoms with Crippen LogP contribution in [0.1, 0.15) is 29.9 Å². The van der Waals surface area contributed by atoms with E-state index in [0.717, 1.165) is 11.8 Å². The highest BCUT2D eigenvalue weighted by molar-refractivity contribution is 8.00. The number of aromatic nitrogens is 2. The Morgan fingerprint density at radius 2 is 2.10 bits per heavy atom. The summed E-state index contributed by atoms with van der Waals surface area (Å²) in [7, 11) is 1.27. The van der Waals surface area contributed by atoms with E-state index in [1.165, 1.54) is 7.11 Å². The number of hydrogen-bond acceptors (Lipinski definition) is 7. The largest absolute Gasteiger partial charge is 0.468 e. The minimum atomic E-state index is -0.595. The van der Waals surface area contributed by atoms with E-state index in [2.05, 4.69) is 14.7 Å². The van der Waals surface area contributed by atoms with Gasteiger partial charge in [0.1, 0.15) is 15.8 Å². The van der Waals surface area contributed by atoms with Crippen molar-refractivity contribution in [3.8, 4) is 0 Å². The van der Waals surface area contributed by atoms with Crippen molar-refractivity contribution in [2.75, 3.05) is 13.7 Å². The lowest BCUT2D eigenvalue weighted by molar-refractivity contribution is -0.139. The maximum Gasteiger partial charge on any atom is 0.346 e. The predicted octanol–water partition coefficient (Wildman–Crippen LogP) is 0.909. The normalized spacial score (nSPS) is 11.8. The zero-order valence-electron chi connectivity index (χ0n) is 11.7. The zero-order chi connectivity index (χ0) is 15.3. The summed E-state index contributed by atoms with van der Waals surface area (Å²) in [5, 5.41) is -0.440. The van der Waals surface area contributed by atoms with Crippen LogP contribution in [0.4, 0.5) is 0 Å². The summed E-state index contributed by atoms with van der Waals surface area (Å²) in [4.78, 5) is 40.9. The average molecular weight is 300 g/mol. The Morgan fingerprint density at radius 3 is 2.65 bits per heavy atom. The average Bonchev–Trinajstić information content (AvgIpc) is 2.37. The van der Waals surface area contributed by atoms with Crippen molar-refractivity contribution in [3.63, 3.8) is 0 Å². The lowest BCUT2D eigenvalue weighted by atomic mass is 10.2.